The van der Waals surface area contributed by atoms with Gasteiger partial charge in [-0.1, -0.05) is 58.9 Å². The Morgan fingerprint density at radius 2 is 1.40 bits per heavy atom. The minimum absolute atomic E-state index is 0.462. The first-order valence-electron chi connectivity index (χ1n) is 10.6. The van der Waals surface area contributed by atoms with Gasteiger partial charge in [0.15, 0.2) is 0 Å². The lowest BCUT2D eigenvalue weighted by Gasteiger charge is -2.46. The molecule has 2 fully saturated rings. The quantitative estimate of drug-likeness (QED) is 0.596. The van der Waals surface area contributed by atoms with Crippen molar-refractivity contribution in [1.82, 2.24) is 4.90 Å². The van der Waals surface area contributed by atoms with Crippen molar-refractivity contribution in [3.63, 3.8) is 0 Å². The van der Waals surface area contributed by atoms with Crippen LogP contribution >= 0.6 is 0 Å². The molecule has 1 nitrogen and oxygen atoms in total. The smallest absolute Gasteiger partial charge is 0.00129 e. The average Bonchev–Trinajstić information content (AvgIpc) is 2.53. The monoisotopic (exact) mass is 341 g/mol. The zero-order valence-corrected chi connectivity index (χ0v) is 17.3. The molecule has 0 spiro atoms. The highest BCUT2D eigenvalue weighted by molar-refractivity contribution is 5.34. The van der Waals surface area contributed by atoms with Gasteiger partial charge in [0.25, 0.3) is 0 Å². The second kappa shape index (κ2) is 7.43. The third kappa shape index (κ3) is 4.67. The summed E-state index contributed by atoms with van der Waals surface area (Å²) in [6.07, 6.45) is 8.03. The van der Waals surface area contributed by atoms with Crippen molar-refractivity contribution in [2.24, 2.45) is 10.8 Å². The van der Waals surface area contributed by atoms with Gasteiger partial charge >= 0.3 is 0 Å². The van der Waals surface area contributed by atoms with E-state index in [1.165, 1.54) is 58.2 Å². The molecule has 1 aliphatic carbocycles. The van der Waals surface area contributed by atoms with E-state index in [9.17, 15) is 0 Å². The number of rotatable bonds is 4. The molecule has 0 N–H and O–H groups in total. The predicted molar refractivity (Wildman–Crippen MR) is 109 cm³/mol. The zero-order valence-electron chi connectivity index (χ0n) is 17.3. The Morgan fingerprint density at radius 3 is 1.92 bits per heavy atom. The fourth-order valence-electron chi connectivity index (χ4n) is 6.10. The molecular formula is C24H39N. The van der Waals surface area contributed by atoms with E-state index in [1.807, 2.05) is 0 Å². The highest BCUT2D eigenvalue weighted by Gasteiger charge is 2.39. The Hall–Kier alpha value is -0.820. The van der Waals surface area contributed by atoms with Crippen LogP contribution in [-0.4, -0.2) is 24.5 Å². The van der Waals surface area contributed by atoms with Crippen molar-refractivity contribution in [3.05, 3.63) is 35.4 Å². The van der Waals surface area contributed by atoms with Crippen LogP contribution in [0.1, 0.15) is 96.1 Å². The minimum Gasteiger partial charge on any atom is -0.303 e. The molecular weight excluding hydrogens is 302 g/mol. The molecule has 0 unspecified atom stereocenters. The summed E-state index contributed by atoms with van der Waals surface area (Å²) in [5.41, 5.74) is 4.28. The number of likely N-dealkylation sites (tertiary alicyclic amines) is 1. The van der Waals surface area contributed by atoms with Crippen LogP contribution in [-0.2, 0) is 0 Å². The fraction of sp³-hybridized carbons (Fsp3) is 0.750. The topological polar surface area (TPSA) is 3.24 Å². The largest absolute Gasteiger partial charge is 0.303 e. The second-order valence-electron chi connectivity index (χ2n) is 10.4. The molecule has 1 heterocycles. The van der Waals surface area contributed by atoms with Crippen molar-refractivity contribution in [1.29, 1.82) is 0 Å². The summed E-state index contributed by atoms with van der Waals surface area (Å²) in [6, 6.07) is 9.45. The molecule has 0 bridgehead atoms. The third-order valence-electron chi connectivity index (χ3n) is 6.56. The van der Waals surface area contributed by atoms with Crippen molar-refractivity contribution in [2.45, 2.75) is 85.0 Å². The van der Waals surface area contributed by atoms with Gasteiger partial charge in [-0.2, -0.15) is 0 Å². The van der Waals surface area contributed by atoms with Gasteiger partial charge in [-0.3, -0.25) is 0 Å². The van der Waals surface area contributed by atoms with Crippen LogP contribution in [0.4, 0.5) is 0 Å². The number of nitrogens with zero attached hydrogens (tertiary/aromatic N) is 1. The van der Waals surface area contributed by atoms with E-state index in [4.69, 9.17) is 0 Å². The number of piperidine rings is 1. The van der Waals surface area contributed by atoms with Gasteiger partial charge in [0, 0.05) is 0 Å². The van der Waals surface area contributed by atoms with Crippen molar-refractivity contribution < 1.29 is 0 Å². The van der Waals surface area contributed by atoms with Gasteiger partial charge in [-0.15, -0.1) is 0 Å². The second-order valence-corrected chi connectivity index (χ2v) is 10.4. The van der Waals surface area contributed by atoms with E-state index in [1.54, 1.807) is 11.1 Å². The molecule has 1 saturated carbocycles. The highest BCUT2D eigenvalue weighted by Crippen LogP contribution is 2.52. The first-order valence-corrected chi connectivity index (χ1v) is 10.6. The standard InChI is InChI=1S/C24H39N/c1-6-13-25-14-11-19(12-15-25)21-9-7-8-10-22(21)20-16-23(2,3)18-24(4,5)17-20/h7-10,19-20H,6,11-18H2,1-5H3. The van der Waals surface area contributed by atoms with Crippen LogP contribution in [0.2, 0.25) is 0 Å². The van der Waals surface area contributed by atoms with Gasteiger partial charge < -0.3 is 4.90 Å². The average molecular weight is 342 g/mol. The Bertz CT molecular complexity index is 547. The normalized spacial score (nSPS) is 25.2. The van der Waals surface area contributed by atoms with E-state index in [0.717, 1.165) is 11.8 Å². The SMILES string of the molecule is CCCN1CCC(c2ccccc2C2CC(C)(C)CC(C)(C)C2)CC1. The number of benzene rings is 1. The van der Waals surface area contributed by atoms with E-state index < -0.39 is 0 Å². The van der Waals surface area contributed by atoms with Gasteiger partial charge in [0.2, 0.25) is 0 Å². The summed E-state index contributed by atoms with van der Waals surface area (Å²) in [6.45, 7) is 16.1. The minimum atomic E-state index is 0.462. The molecule has 25 heavy (non-hydrogen) atoms. The molecule has 1 saturated heterocycles. The Labute approximate surface area is 156 Å². The maximum absolute atomic E-state index is 2.66. The van der Waals surface area contributed by atoms with Gasteiger partial charge in [0.1, 0.15) is 0 Å². The van der Waals surface area contributed by atoms with Gasteiger partial charge in [-0.25, -0.2) is 0 Å². The molecule has 1 aromatic rings. The third-order valence-corrected chi connectivity index (χ3v) is 6.56. The molecule has 0 amide bonds. The van der Waals surface area contributed by atoms with Crippen LogP contribution in [0.3, 0.4) is 0 Å². The molecule has 1 aromatic carbocycles. The van der Waals surface area contributed by atoms with Crippen molar-refractivity contribution in [3.8, 4) is 0 Å². The van der Waals surface area contributed by atoms with Gasteiger partial charge in [-0.05, 0) is 92.0 Å². The van der Waals surface area contributed by atoms with Crippen molar-refractivity contribution in [2.75, 3.05) is 19.6 Å². The van der Waals surface area contributed by atoms with Crippen LogP contribution < -0.4 is 0 Å². The fourth-order valence-corrected chi connectivity index (χ4v) is 6.10. The van der Waals surface area contributed by atoms with E-state index in [2.05, 4.69) is 63.8 Å². The maximum atomic E-state index is 2.66. The molecule has 1 heteroatoms. The molecule has 0 atom stereocenters. The molecule has 1 aliphatic heterocycles. The first-order chi connectivity index (χ1) is 11.8. The summed E-state index contributed by atoms with van der Waals surface area (Å²) in [5.74, 6) is 1.51. The lowest BCUT2D eigenvalue weighted by atomic mass is 9.59. The lowest BCUT2D eigenvalue weighted by Crippen LogP contribution is -2.35. The molecule has 3 rings (SSSR count). The van der Waals surface area contributed by atoms with Crippen LogP contribution in [0.5, 0.6) is 0 Å². The van der Waals surface area contributed by atoms with E-state index >= 15 is 0 Å². The summed E-state index contributed by atoms with van der Waals surface area (Å²) in [4.78, 5) is 2.66. The Balaban J connectivity index is 1.80. The first kappa shape index (κ1) is 19.0. The molecule has 0 radical (unpaired) electrons. The molecule has 2 aliphatic rings. The van der Waals surface area contributed by atoms with E-state index in [-0.39, 0.29) is 0 Å². The lowest BCUT2D eigenvalue weighted by molar-refractivity contribution is 0.0962. The molecule has 0 aromatic heterocycles. The van der Waals surface area contributed by atoms with Crippen LogP contribution in [0.25, 0.3) is 0 Å². The van der Waals surface area contributed by atoms with E-state index in [0.29, 0.717) is 10.8 Å². The Kier molecular flexibility index (Phi) is 5.63. The summed E-state index contributed by atoms with van der Waals surface area (Å²) >= 11 is 0. The number of hydrogen-bond acceptors (Lipinski definition) is 1. The van der Waals surface area contributed by atoms with Crippen LogP contribution in [0, 0.1) is 10.8 Å². The maximum Gasteiger partial charge on any atom is -0.00129 e. The zero-order chi connectivity index (χ0) is 18.1. The van der Waals surface area contributed by atoms with Gasteiger partial charge in [0.05, 0.1) is 0 Å². The summed E-state index contributed by atoms with van der Waals surface area (Å²) in [5, 5.41) is 0. The highest BCUT2D eigenvalue weighted by atomic mass is 15.1. The molecule has 140 valence electrons. The predicted octanol–water partition coefficient (Wildman–Crippen LogP) is 6.60. The summed E-state index contributed by atoms with van der Waals surface area (Å²) in [7, 11) is 0. The Morgan fingerprint density at radius 1 is 0.880 bits per heavy atom. The van der Waals surface area contributed by atoms with Crippen LogP contribution in [0.15, 0.2) is 24.3 Å². The number of hydrogen-bond donors (Lipinski definition) is 0. The summed E-state index contributed by atoms with van der Waals surface area (Å²) < 4.78 is 0. The van der Waals surface area contributed by atoms with Crippen molar-refractivity contribution >= 4 is 0 Å².